The van der Waals surface area contributed by atoms with E-state index in [1.54, 1.807) is 6.92 Å². The first kappa shape index (κ1) is 17.7. The highest BCUT2D eigenvalue weighted by Gasteiger charge is 2.36. The van der Waals surface area contributed by atoms with E-state index in [2.05, 4.69) is 15.0 Å². The number of aromatic nitrogens is 1. The van der Waals surface area contributed by atoms with Gasteiger partial charge in [-0.1, -0.05) is 6.92 Å². The summed E-state index contributed by atoms with van der Waals surface area (Å²) < 4.78 is 42.7. The Kier molecular flexibility index (Phi) is 5.72. The van der Waals surface area contributed by atoms with Crippen LogP contribution in [0.25, 0.3) is 0 Å². The molecule has 1 heterocycles. The van der Waals surface area contributed by atoms with Gasteiger partial charge < -0.3 is 15.2 Å². The van der Waals surface area contributed by atoms with Crippen LogP contribution in [-0.4, -0.2) is 35.5 Å². The van der Waals surface area contributed by atoms with E-state index >= 15 is 0 Å². The van der Waals surface area contributed by atoms with Gasteiger partial charge in [0.25, 0.3) is 0 Å². The van der Waals surface area contributed by atoms with E-state index in [4.69, 9.17) is 0 Å². The van der Waals surface area contributed by atoms with Gasteiger partial charge in [-0.2, -0.15) is 18.2 Å². The molecule has 0 aliphatic rings. The van der Waals surface area contributed by atoms with Gasteiger partial charge in [-0.15, -0.1) is 0 Å². The number of anilines is 1. The number of ketones is 1. The first-order chi connectivity index (χ1) is 10.2. The monoisotopic (exact) mass is 320 g/mol. The number of alkyl halides is 3. The molecule has 0 aliphatic heterocycles. The molecule has 1 aromatic heterocycles. The van der Waals surface area contributed by atoms with Crippen LogP contribution in [0.1, 0.15) is 35.7 Å². The largest absolute Gasteiger partial charge is 0.493 e. The third-order valence-electron chi connectivity index (χ3n) is 2.68. The molecule has 0 saturated heterocycles. The molecule has 1 aromatic rings. The predicted molar refractivity (Wildman–Crippen MR) is 70.6 cm³/mol. The lowest BCUT2D eigenvalue weighted by atomic mass is 10.1. The SMILES string of the molecule is CCCNc1nc(O)c(C(F)(F)F)cc1C(=O)CC(=O)OC. The van der Waals surface area contributed by atoms with Crippen LogP contribution in [0.15, 0.2) is 6.07 Å². The van der Waals surface area contributed by atoms with E-state index in [9.17, 15) is 27.9 Å². The third kappa shape index (κ3) is 4.34. The first-order valence-electron chi connectivity index (χ1n) is 6.35. The smallest absolute Gasteiger partial charge is 0.421 e. The van der Waals surface area contributed by atoms with Crippen molar-refractivity contribution < 1.29 is 32.6 Å². The van der Waals surface area contributed by atoms with E-state index < -0.39 is 41.4 Å². The summed E-state index contributed by atoms with van der Waals surface area (Å²) in [5, 5.41) is 12.0. The number of methoxy groups -OCH3 is 1. The maximum Gasteiger partial charge on any atom is 0.421 e. The number of carbonyl (C=O) groups excluding carboxylic acids is 2. The van der Waals surface area contributed by atoms with E-state index in [-0.39, 0.29) is 5.82 Å². The Bertz CT molecular complexity index is 573. The zero-order valence-corrected chi connectivity index (χ0v) is 12.0. The van der Waals surface area contributed by atoms with Crippen LogP contribution in [0.5, 0.6) is 5.88 Å². The Morgan fingerprint density at radius 3 is 2.55 bits per heavy atom. The van der Waals surface area contributed by atoms with Crippen molar-refractivity contribution in [2.24, 2.45) is 0 Å². The van der Waals surface area contributed by atoms with Crippen molar-refractivity contribution >= 4 is 17.6 Å². The highest BCUT2D eigenvalue weighted by atomic mass is 19.4. The summed E-state index contributed by atoms with van der Waals surface area (Å²) in [7, 11) is 1.06. The lowest BCUT2D eigenvalue weighted by Crippen LogP contribution is -2.16. The number of esters is 1. The van der Waals surface area contributed by atoms with Gasteiger partial charge >= 0.3 is 12.1 Å². The third-order valence-corrected chi connectivity index (χ3v) is 2.68. The number of pyridine rings is 1. The van der Waals surface area contributed by atoms with Crippen LogP contribution in [-0.2, 0) is 15.7 Å². The lowest BCUT2D eigenvalue weighted by Gasteiger charge is -2.14. The summed E-state index contributed by atoms with van der Waals surface area (Å²) in [6.07, 6.45) is -4.98. The van der Waals surface area contributed by atoms with Crippen LogP contribution in [0.2, 0.25) is 0 Å². The van der Waals surface area contributed by atoms with E-state index in [0.29, 0.717) is 19.0 Å². The van der Waals surface area contributed by atoms with Crippen molar-refractivity contribution in [2.45, 2.75) is 25.9 Å². The summed E-state index contributed by atoms with van der Waals surface area (Å²) >= 11 is 0. The molecule has 0 bridgehead atoms. The van der Waals surface area contributed by atoms with E-state index in [1.807, 2.05) is 0 Å². The minimum atomic E-state index is -4.87. The molecule has 9 heteroatoms. The average molecular weight is 320 g/mol. The number of aromatic hydroxyl groups is 1. The number of hydrogen-bond donors (Lipinski definition) is 2. The quantitative estimate of drug-likeness (QED) is 0.475. The number of ether oxygens (including phenoxy) is 1. The van der Waals surface area contributed by atoms with Crippen molar-refractivity contribution in [1.82, 2.24) is 4.98 Å². The molecule has 0 saturated carbocycles. The molecule has 1 rings (SSSR count). The second kappa shape index (κ2) is 7.10. The van der Waals surface area contributed by atoms with E-state index in [0.717, 1.165) is 7.11 Å². The molecule has 0 unspecified atom stereocenters. The number of halogens is 3. The molecule has 0 aromatic carbocycles. The molecule has 0 radical (unpaired) electrons. The van der Waals surface area contributed by atoms with Crippen molar-refractivity contribution in [2.75, 3.05) is 19.0 Å². The molecular formula is C13H15F3N2O4. The normalized spacial score (nSPS) is 11.1. The van der Waals surface area contributed by atoms with Crippen molar-refractivity contribution in [3.8, 4) is 5.88 Å². The fourth-order valence-electron chi connectivity index (χ4n) is 1.60. The van der Waals surface area contributed by atoms with Crippen LogP contribution in [0.4, 0.5) is 19.0 Å². The summed E-state index contributed by atoms with van der Waals surface area (Å²) in [6, 6.07) is 0.478. The Labute approximate surface area is 124 Å². The number of carbonyl (C=O) groups is 2. The zero-order valence-electron chi connectivity index (χ0n) is 12.0. The molecule has 0 amide bonds. The van der Waals surface area contributed by atoms with Crippen LogP contribution in [0, 0.1) is 0 Å². The first-order valence-corrected chi connectivity index (χ1v) is 6.35. The van der Waals surface area contributed by atoms with Crippen molar-refractivity contribution in [1.29, 1.82) is 0 Å². The molecule has 0 aliphatic carbocycles. The topological polar surface area (TPSA) is 88.5 Å². The van der Waals surface area contributed by atoms with Crippen molar-refractivity contribution in [3.05, 3.63) is 17.2 Å². The van der Waals surface area contributed by atoms with Gasteiger partial charge in [0.15, 0.2) is 5.78 Å². The van der Waals surface area contributed by atoms with E-state index in [1.165, 1.54) is 0 Å². The Morgan fingerprint density at radius 1 is 1.41 bits per heavy atom. The Hall–Kier alpha value is -2.32. The summed E-state index contributed by atoms with van der Waals surface area (Å²) in [5.41, 5.74) is -1.87. The molecule has 22 heavy (non-hydrogen) atoms. The minimum absolute atomic E-state index is 0.207. The molecule has 0 fully saturated rings. The zero-order chi connectivity index (χ0) is 16.9. The minimum Gasteiger partial charge on any atom is -0.493 e. The number of Topliss-reactive ketones (excluding diaryl/α,β-unsaturated/α-hetero) is 1. The summed E-state index contributed by atoms with van der Waals surface area (Å²) in [4.78, 5) is 26.5. The number of nitrogens with zero attached hydrogens (tertiary/aromatic N) is 1. The molecule has 2 N–H and O–H groups in total. The Morgan fingerprint density at radius 2 is 2.05 bits per heavy atom. The second-order valence-electron chi connectivity index (χ2n) is 4.36. The molecule has 122 valence electrons. The van der Waals surface area contributed by atoms with Crippen LogP contribution < -0.4 is 5.32 Å². The average Bonchev–Trinajstić information content (AvgIpc) is 2.43. The predicted octanol–water partition coefficient (Wildman–Crippen LogP) is 2.37. The van der Waals surface area contributed by atoms with Gasteiger partial charge in [0.05, 0.1) is 12.7 Å². The van der Waals surface area contributed by atoms with Gasteiger partial charge in [-0.25, -0.2) is 0 Å². The standard InChI is InChI=1S/C13H15F3N2O4/c1-3-4-17-11-7(9(19)6-10(20)22-2)5-8(12(21)18-11)13(14,15)16/h5H,3-4,6H2,1-2H3,(H2,17,18,21). The Balaban J connectivity index is 3.29. The highest BCUT2D eigenvalue weighted by Crippen LogP contribution is 2.37. The van der Waals surface area contributed by atoms with Gasteiger partial charge in [0.2, 0.25) is 5.88 Å². The lowest BCUT2D eigenvalue weighted by molar-refractivity contribution is -0.140. The van der Waals surface area contributed by atoms with Crippen molar-refractivity contribution in [3.63, 3.8) is 0 Å². The van der Waals surface area contributed by atoms with Gasteiger partial charge in [-0.3, -0.25) is 9.59 Å². The number of nitrogens with one attached hydrogen (secondary N) is 1. The summed E-state index contributed by atoms with van der Waals surface area (Å²) in [5.74, 6) is -3.21. The maximum absolute atomic E-state index is 12.8. The molecule has 0 atom stereocenters. The second-order valence-corrected chi connectivity index (χ2v) is 4.36. The van der Waals surface area contributed by atoms with Crippen LogP contribution >= 0.6 is 0 Å². The number of rotatable bonds is 6. The number of hydrogen-bond acceptors (Lipinski definition) is 6. The fraction of sp³-hybridized carbons (Fsp3) is 0.462. The van der Waals surface area contributed by atoms with Gasteiger partial charge in [0.1, 0.15) is 17.8 Å². The molecule has 6 nitrogen and oxygen atoms in total. The van der Waals surface area contributed by atoms with Gasteiger partial charge in [0, 0.05) is 6.54 Å². The summed E-state index contributed by atoms with van der Waals surface area (Å²) in [6.45, 7) is 2.13. The maximum atomic E-state index is 12.8. The fourth-order valence-corrected chi connectivity index (χ4v) is 1.60. The molecular weight excluding hydrogens is 305 g/mol. The molecule has 0 spiro atoms. The van der Waals surface area contributed by atoms with Crippen LogP contribution in [0.3, 0.4) is 0 Å². The van der Waals surface area contributed by atoms with Gasteiger partial charge in [-0.05, 0) is 12.5 Å². The highest BCUT2D eigenvalue weighted by molar-refractivity contribution is 6.08.